The lowest BCUT2D eigenvalue weighted by Crippen LogP contribution is -2.49. The standard InChI is InChI=1S/C12H9F6NO3/c13-9(14)12(17,18)22-7-4-2-1-3-6(7)8-11(15,16)5-21-10(20)19-8/h1-4,8-9H,5H2,(H,19,20)/t8-/m1/s1. The second kappa shape index (κ2) is 5.58. The van der Waals surface area contributed by atoms with Gasteiger partial charge in [-0.15, -0.1) is 0 Å². The highest BCUT2D eigenvalue weighted by atomic mass is 19.3. The molecule has 0 spiro atoms. The van der Waals surface area contributed by atoms with E-state index in [1.54, 1.807) is 5.32 Å². The zero-order valence-electron chi connectivity index (χ0n) is 10.7. The summed E-state index contributed by atoms with van der Waals surface area (Å²) in [6.07, 6.45) is -10.2. The van der Waals surface area contributed by atoms with E-state index in [0.717, 1.165) is 18.2 Å². The van der Waals surface area contributed by atoms with E-state index in [9.17, 15) is 31.1 Å². The third-order valence-corrected chi connectivity index (χ3v) is 2.81. The molecule has 0 aromatic heterocycles. The van der Waals surface area contributed by atoms with E-state index >= 15 is 0 Å². The van der Waals surface area contributed by atoms with Gasteiger partial charge >= 0.3 is 24.5 Å². The van der Waals surface area contributed by atoms with Crippen LogP contribution in [0.2, 0.25) is 0 Å². The van der Waals surface area contributed by atoms with Gasteiger partial charge in [0.25, 0.3) is 0 Å². The van der Waals surface area contributed by atoms with Gasteiger partial charge < -0.3 is 14.8 Å². The molecule has 0 unspecified atom stereocenters. The normalized spacial score (nSPS) is 21.2. The Morgan fingerprint density at radius 2 is 1.95 bits per heavy atom. The molecule has 1 heterocycles. The summed E-state index contributed by atoms with van der Waals surface area (Å²) >= 11 is 0. The van der Waals surface area contributed by atoms with E-state index in [4.69, 9.17) is 0 Å². The molecular formula is C12H9F6NO3. The third kappa shape index (κ3) is 3.20. The molecular weight excluding hydrogens is 320 g/mol. The van der Waals surface area contributed by atoms with Crippen LogP contribution in [0.3, 0.4) is 0 Å². The smallest absolute Gasteiger partial charge is 0.443 e. The molecule has 1 aliphatic rings. The number of alkyl carbamates (subject to hydrolysis) is 1. The third-order valence-electron chi connectivity index (χ3n) is 2.81. The van der Waals surface area contributed by atoms with Gasteiger partial charge in [0.2, 0.25) is 0 Å². The molecule has 2 rings (SSSR count). The van der Waals surface area contributed by atoms with Gasteiger partial charge in [-0.05, 0) is 6.07 Å². The number of carbonyl (C=O) groups excluding carboxylic acids is 1. The summed E-state index contributed by atoms with van der Waals surface area (Å²) in [5.74, 6) is -4.52. The lowest BCUT2D eigenvalue weighted by Gasteiger charge is -2.33. The first-order valence-corrected chi connectivity index (χ1v) is 5.88. The average Bonchev–Trinajstić information content (AvgIpc) is 2.42. The number of carbonyl (C=O) groups is 1. The van der Waals surface area contributed by atoms with Crippen LogP contribution in [-0.4, -0.2) is 31.2 Å². The minimum Gasteiger partial charge on any atom is -0.443 e. The van der Waals surface area contributed by atoms with Gasteiger partial charge in [-0.3, -0.25) is 0 Å². The van der Waals surface area contributed by atoms with Crippen molar-refractivity contribution < 1.29 is 40.6 Å². The number of alkyl halides is 6. The number of hydrogen-bond donors (Lipinski definition) is 1. The fraction of sp³-hybridized carbons (Fsp3) is 0.417. The van der Waals surface area contributed by atoms with Crippen molar-refractivity contribution in [3.05, 3.63) is 29.8 Å². The maximum absolute atomic E-state index is 13.8. The first-order chi connectivity index (χ1) is 10.1. The van der Waals surface area contributed by atoms with Gasteiger partial charge in [0.05, 0.1) is 0 Å². The monoisotopic (exact) mass is 329 g/mol. The van der Waals surface area contributed by atoms with E-state index in [0.29, 0.717) is 0 Å². The van der Waals surface area contributed by atoms with Gasteiger partial charge in [0.15, 0.2) is 6.61 Å². The Morgan fingerprint density at radius 1 is 1.32 bits per heavy atom. The Labute approximate surface area is 120 Å². The lowest BCUT2D eigenvalue weighted by atomic mass is 9.99. The number of rotatable bonds is 4. The number of amides is 1. The molecule has 1 fully saturated rings. The molecule has 1 N–H and O–H groups in total. The summed E-state index contributed by atoms with van der Waals surface area (Å²) < 4.78 is 85.8. The minimum atomic E-state index is -4.86. The minimum absolute atomic E-state index is 0.565. The zero-order chi connectivity index (χ0) is 16.5. The van der Waals surface area contributed by atoms with E-state index < -0.39 is 48.5 Å². The van der Waals surface area contributed by atoms with Gasteiger partial charge in [0, 0.05) is 5.56 Å². The molecule has 1 aromatic rings. The van der Waals surface area contributed by atoms with Crippen LogP contribution < -0.4 is 10.1 Å². The fourth-order valence-electron chi connectivity index (χ4n) is 1.82. The Hall–Kier alpha value is -2.13. The van der Waals surface area contributed by atoms with Gasteiger partial charge in [-0.25, -0.2) is 13.6 Å². The fourth-order valence-corrected chi connectivity index (χ4v) is 1.82. The molecule has 4 nitrogen and oxygen atoms in total. The van der Waals surface area contributed by atoms with Crippen LogP contribution in [0.4, 0.5) is 31.1 Å². The Bertz CT molecular complexity index is 566. The second-order valence-corrected chi connectivity index (χ2v) is 4.42. The topological polar surface area (TPSA) is 47.6 Å². The van der Waals surface area contributed by atoms with Gasteiger partial charge in [-0.2, -0.15) is 17.6 Å². The summed E-state index contributed by atoms with van der Waals surface area (Å²) in [6.45, 7) is -1.27. The van der Waals surface area contributed by atoms with Gasteiger partial charge in [-0.1, -0.05) is 18.2 Å². The van der Waals surface area contributed by atoms with Crippen LogP contribution in [0.15, 0.2) is 24.3 Å². The highest BCUT2D eigenvalue weighted by Crippen LogP contribution is 2.40. The summed E-state index contributed by atoms with van der Waals surface area (Å²) in [6, 6.07) is 2.09. The molecule has 0 aliphatic carbocycles. The molecule has 1 aliphatic heterocycles. The first-order valence-electron chi connectivity index (χ1n) is 5.88. The highest BCUT2D eigenvalue weighted by molar-refractivity contribution is 5.69. The second-order valence-electron chi connectivity index (χ2n) is 4.42. The van der Waals surface area contributed by atoms with E-state index in [1.807, 2.05) is 0 Å². The molecule has 0 saturated carbocycles. The Balaban J connectivity index is 2.37. The molecule has 0 bridgehead atoms. The molecule has 10 heteroatoms. The predicted octanol–water partition coefficient (Wildman–Crippen LogP) is 3.34. The zero-order valence-corrected chi connectivity index (χ0v) is 10.7. The maximum Gasteiger partial charge on any atom is 0.461 e. The van der Waals surface area contributed by atoms with Crippen molar-refractivity contribution in [1.82, 2.24) is 5.32 Å². The van der Waals surface area contributed by atoms with Crippen molar-refractivity contribution in [2.24, 2.45) is 0 Å². The number of para-hydroxylation sites is 1. The summed E-state index contributed by atoms with van der Waals surface area (Å²) in [7, 11) is 0. The highest BCUT2D eigenvalue weighted by Gasteiger charge is 2.49. The van der Waals surface area contributed by atoms with Crippen molar-refractivity contribution in [3.8, 4) is 5.75 Å². The molecule has 1 saturated heterocycles. The number of ether oxygens (including phenoxy) is 2. The SMILES string of the molecule is O=C1N[C@H](c2ccccc2OC(F)(F)C(F)F)C(F)(F)CO1. The quantitative estimate of drug-likeness (QED) is 0.862. The largest absolute Gasteiger partial charge is 0.461 e. The molecule has 1 amide bonds. The van der Waals surface area contributed by atoms with Crippen molar-refractivity contribution in [2.45, 2.75) is 24.5 Å². The predicted molar refractivity (Wildman–Crippen MR) is 60.2 cm³/mol. The van der Waals surface area contributed by atoms with Crippen molar-refractivity contribution in [2.75, 3.05) is 6.61 Å². The van der Waals surface area contributed by atoms with Crippen LogP contribution in [0, 0.1) is 0 Å². The van der Waals surface area contributed by atoms with Crippen molar-refractivity contribution >= 4 is 6.09 Å². The Kier molecular flexibility index (Phi) is 4.12. The molecule has 22 heavy (non-hydrogen) atoms. The average molecular weight is 329 g/mol. The molecule has 0 radical (unpaired) electrons. The number of hydrogen-bond acceptors (Lipinski definition) is 3. The van der Waals surface area contributed by atoms with Crippen LogP contribution in [0.25, 0.3) is 0 Å². The molecule has 1 atom stereocenters. The maximum atomic E-state index is 13.8. The van der Waals surface area contributed by atoms with E-state index in [2.05, 4.69) is 9.47 Å². The van der Waals surface area contributed by atoms with Crippen LogP contribution in [-0.2, 0) is 4.74 Å². The Morgan fingerprint density at radius 3 is 2.59 bits per heavy atom. The summed E-state index contributed by atoms with van der Waals surface area (Å²) in [5.41, 5.74) is -0.565. The number of benzene rings is 1. The van der Waals surface area contributed by atoms with Crippen LogP contribution in [0.5, 0.6) is 5.75 Å². The van der Waals surface area contributed by atoms with Crippen molar-refractivity contribution in [3.63, 3.8) is 0 Å². The van der Waals surface area contributed by atoms with Crippen LogP contribution in [0.1, 0.15) is 11.6 Å². The van der Waals surface area contributed by atoms with Crippen LogP contribution >= 0.6 is 0 Å². The summed E-state index contributed by atoms with van der Waals surface area (Å²) in [5, 5.41) is 1.75. The number of nitrogens with one attached hydrogen (secondary N) is 1. The van der Waals surface area contributed by atoms with Gasteiger partial charge in [0.1, 0.15) is 11.8 Å². The molecule has 122 valence electrons. The number of cyclic esters (lactones) is 1. The summed E-state index contributed by atoms with van der Waals surface area (Å²) in [4.78, 5) is 11.1. The van der Waals surface area contributed by atoms with E-state index in [1.165, 1.54) is 6.07 Å². The number of halogens is 6. The first kappa shape index (κ1) is 16.2. The van der Waals surface area contributed by atoms with Crippen molar-refractivity contribution in [1.29, 1.82) is 0 Å². The lowest BCUT2D eigenvalue weighted by molar-refractivity contribution is -0.253. The van der Waals surface area contributed by atoms with E-state index in [-0.39, 0.29) is 0 Å². The molecule has 1 aromatic carbocycles.